The summed E-state index contributed by atoms with van der Waals surface area (Å²) in [6.07, 6.45) is 0.904. The first-order chi connectivity index (χ1) is 8.95. The molecule has 0 aromatic carbocycles. The highest BCUT2D eigenvalue weighted by Gasteiger charge is 2.25. The zero-order valence-corrected chi connectivity index (χ0v) is 14.4. The third kappa shape index (κ3) is 4.11. The number of hydrogen-bond acceptors (Lipinski definition) is 4. The average Bonchev–Trinajstić information content (AvgIpc) is 2.84. The summed E-state index contributed by atoms with van der Waals surface area (Å²) in [6.45, 7) is 3.51. The summed E-state index contributed by atoms with van der Waals surface area (Å²) in [4.78, 5) is 25.3. The monoisotopic (exact) mass is 408 g/mol. The molecule has 1 unspecified atom stereocenters. The van der Waals surface area contributed by atoms with Gasteiger partial charge in [-0.15, -0.1) is 11.3 Å². The molecule has 1 atom stereocenters. The minimum atomic E-state index is -0.0114. The number of halogens is 2. The fraction of sp³-hybridized carbons (Fsp3) is 0.500. The molecule has 1 fully saturated rings. The van der Waals surface area contributed by atoms with Crippen molar-refractivity contribution in [1.82, 2.24) is 10.2 Å². The van der Waals surface area contributed by atoms with E-state index in [1.807, 2.05) is 6.07 Å². The highest BCUT2D eigenvalue weighted by Crippen LogP contribution is 2.32. The number of nitrogens with one attached hydrogen (secondary N) is 1. The van der Waals surface area contributed by atoms with E-state index in [9.17, 15) is 9.59 Å². The number of amides is 1. The van der Waals surface area contributed by atoms with Crippen LogP contribution in [0.3, 0.4) is 0 Å². The maximum atomic E-state index is 12.2. The largest absolute Gasteiger partial charge is 0.352 e. The molecule has 1 aliphatic heterocycles. The van der Waals surface area contributed by atoms with Crippen LogP contribution in [0.1, 0.15) is 23.7 Å². The molecule has 1 N–H and O–H groups in total. The second-order valence-electron chi connectivity index (χ2n) is 4.58. The number of nitrogens with zero attached hydrogens (tertiary/aromatic N) is 1. The van der Waals surface area contributed by atoms with E-state index in [1.165, 1.54) is 18.3 Å². The van der Waals surface area contributed by atoms with Crippen LogP contribution in [0, 0.1) is 0 Å². The lowest BCUT2D eigenvalue weighted by atomic mass is 10.2. The second-order valence-corrected chi connectivity index (χ2v) is 8.33. The maximum Gasteiger partial charge on any atom is 0.217 e. The molecule has 2 rings (SSSR count). The van der Waals surface area contributed by atoms with Crippen LogP contribution in [-0.4, -0.2) is 42.3 Å². The van der Waals surface area contributed by atoms with E-state index in [-0.39, 0.29) is 17.7 Å². The molecule has 19 heavy (non-hydrogen) atoms. The van der Waals surface area contributed by atoms with Crippen LogP contribution in [0.2, 0.25) is 0 Å². The lowest BCUT2D eigenvalue weighted by Crippen LogP contribution is -2.36. The summed E-state index contributed by atoms with van der Waals surface area (Å²) in [6, 6.07) is 2.02. The van der Waals surface area contributed by atoms with E-state index >= 15 is 0 Å². The number of carbonyl (C=O) groups excluding carboxylic acids is 2. The van der Waals surface area contributed by atoms with Gasteiger partial charge in [-0.2, -0.15) is 0 Å². The van der Waals surface area contributed by atoms with Gasteiger partial charge in [-0.3, -0.25) is 14.5 Å². The number of likely N-dealkylation sites (tertiary alicyclic amines) is 1. The van der Waals surface area contributed by atoms with Crippen LogP contribution in [-0.2, 0) is 4.79 Å². The summed E-state index contributed by atoms with van der Waals surface area (Å²) in [5.41, 5.74) is 0.722. The van der Waals surface area contributed by atoms with E-state index in [2.05, 4.69) is 42.1 Å². The topological polar surface area (TPSA) is 49.4 Å². The molecule has 1 saturated heterocycles. The van der Waals surface area contributed by atoms with E-state index < -0.39 is 0 Å². The molecule has 7 heteroatoms. The normalized spacial score (nSPS) is 19.6. The van der Waals surface area contributed by atoms with Crippen molar-refractivity contribution in [3.05, 3.63) is 19.2 Å². The zero-order chi connectivity index (χ0) is 14.0. The Balaban J connectivity index is 1.90. The van der Waals surface area contributed by atoms with Gasteiger partial charge in [0.2, 0.25) is 5.91 Å². The van der Waals surface area contributed by atoms with Gasteiger partial charge in [-0.25, -0.2) is 0 Å². The number of hydrogen-bond donors (Lipinski definition) is 1. The van der Waals surface area contributed by atoms with Crippen LogP contribution in [0.5, 0.6) is 0 Å². The van der Waals surface area contributed by atoms with Gasteiger partial charge < -0.3 is 5.32 Å². The molecule has 1 aromatic heterocycles. The van der Waals surface area contributed by atoms with Gasteiger partial charge in [-0.1, -0.05) is 0 Å². The number of Topliss-reactive ketones (excluding diaryl/α,β-unsaturated/α-hetero) is 1. The second kappa shape index (κ2) is 6.47. The number of rotatable bonds is 4. The first-order valence-electron chi connectivity index (χ1n) is 5.93. The lowest BCUT2D eigenvalue weighted by molar-refractivity contribution is -0.119. The Morgan fingerprint density at radius 1 is 1.53 bits per heavy atom. The van der Waals surface area contributed by atoms with Crippen molar-refractivity contribution in [3.8, 4) is 0 Å². The molecule has 0 radical (unpaired) electrons. The predicted octanol–water partition coefficient (Wildman–Crippen LogP) is 2.67. The Hall–Kier alpha value is -0.240. The third-order valence-electron chi connectivity index (χ3n) is 3.00. The van der Waals surface area contributed by atoms with Gasteiger partial charge >= 0.3 is 0 Å². The summed E-state index contributed by atoms with van der Waals surface area (Å²) in [7, 11) is 0. The first-order valence-corrected chi connectivity index (χ1v) is 8.33. The smallest absolute Gasteiger partial charge is 0.217 e. The molecule has 0 bridgehead atoms. The van der Waals surface area contributed by atoms with Crippen molar-refractivity contribution in [2.24, 2.45) is 0 Å². The molecular weight excluding hydrogens is 396 g/mol. The Labute approximate surface area is 132 Å². The standard InChI is InChI=1S/C12H14Br2N2O2S/c1-7(17)15-8-2-3-16(5-8)6-10(18)9-4-11(13)19-12(9)14/h4,8H,2-3,5-6H2,1H3,(H,15,17). The van der Waals surface area contributed by atoms with Crippen LogP contribution >= 0.6 is 43.2 Å². The minimum absolute atomic E-state index is 0.0114. The Kier molecular flexibility index (Phi) is 5.16. The van der Waals surface area contributed by atoms with E-state index in [1.54, 1.807) is 0 Å². The number of carbonyl (C=O) groups is 2. The fourth-order valence-electron chi connectivity index (χ4n) is 2.20. The Bertz CT molecular complexity index is 504. The Morgan fingerprint density at radius 2 is 2.26 bits per heavy atom. The Morgan fingerprint density at radius 3 is 2.84 bits per heavy atom. The molecule has 1 aromatic rings. The molecule has 4 nitrogen and oxygen atoms in total. The van der Waals surface area contributed by atoms with Gasteiger partial charge in [0.25, 0.3) is 0 Å². The molecule has 2 heterocycles. The van der Waals surface area contributed by atoms with E-state index in [4.69, 9.17) is 0 Å². The van der Waals surface area contributed by atoms with Crippen molar-refractivity contribution in [2.75, 3.05) is 19.6 Å². The minimum Gasteiger partial charge on any atom is -0.352 e. The summed E-state index contributed by atoms with van der Waals surface area (Å²) in [5, 5.41) is 2.89. The van der Waals surface area contributed by atoms with E-state index in [0.29, 0.717) is 6.54 Å². The molecule has 1 aliphatic rings. The molecule has 0 spiro atoms. The maximum absolute atomic E-state index is 12.2. The van der Waals surface area contributed by atoms with Crippen LogP contribution in [0.25, 0.3) is 0 Å². The summed E-state index contributed by atoms with van der Waals surface area (Å²) < 4.78 is 1.81. The SMILES string of the molecule is CC(=O)NC1CCN(CC(=O)c2cc(Br)sc2Br)C1. The van der Waals surface area contributed by atoms with Crippen molar-refractivity contribution in [1.29, 1.82) is 0 Å². The fourth-order valence-corrected chi connectivity index (χ4v) is 5.06. The van der Waals surface area contributed by atoms with Gasteiger partial charge in [0.15, 0.2) is 5.78 Å². The highest BCUT2D eigenvalue weighted by atomic mass is 79.9. The van der Waals surface area contributed by atoms with Gasteiger partial charge in [0.05, 0.1) is 14.1 Å². The van der Waals surface area contributed by atoms with Crippen molar-refractivity contribution in [2.45, 2.75) is 19.4 Å². The van der Waals surface area contributed by atoms with Gasteiger partial charge in [-0.05, 0) is 44.3 Å². The molecule has 0 saturated carbocycles. The number of ketones is 1. The summed E-state index contributed by atoms with van der Waals surface area (Å²) in [5.74, 6) is 0.0972. The highest BCUT2D eigenvalue weighted by molar-refractivity contribution is 9.12. The number of thiophene rings is 1. The van der Waals surface area contributed by atoms with Crippen molar-refractivity contribution >= 4 is 54.9 Å². The third-order valence-corrected chi connectivity index (χ3v) is 5.34. The van der Waals surface area contributed by atoms with Crippen LogP contribution < -0.4 is 5.32 Å². The quantitative estimate of drug-likeness (QED) is 0.777. The van der Waals surface area contributed by atoms with E-state index in [0.717, 1.165) is 32.6 Å². The first kappa shape index (κ1) is 15.2. The van der Waals surface area contributed by atoms with Crippen LogP contribution in [0.15, 0.2) is 13.6 Å². The zero-order valence-electron chi connectivity index (χ0n) is 10.4. The predicted molar refractivity (Wildman–Crippen MR) is 82.7 cm³/mol. The van der Waals surface area contributed by atoms with Crippen LogP contribution in [0.4, 0.5) is 0 Å². The molecule has 1 amide bonds. The molecular formula is C12H14Br2N2O2S. The van der Waals surface area contributed by atoms with Crippen molar-refractivity contribution in [3.63, 3.8) is 0 Å². The summed E-state index contributed by atoms with van der Waals surface area (Å²) >= 11 is 8.28. The molecule has 104 valence electrons. The van der Waals surface area contributed by atoms with Gasteiger partial charge in [0.1, 0.15) is 0 Å². The molecule has 0 aliphatic carbocycles. The lowest BCUT2D eigenvalue weighted by Gasteiger charge is -2.15. The average molecular weight is 410 g/mol. The van der Waals surface area contributed by atoms with Gasteiger partial charge in [0, 0.05) is 31.6 Å². The van der Waals surface area contributed by atoms with Crippen molar-refractivity contribution < 1.29 is 9.59 Å².